The molecule has 1 heterocycles. The smallest absolute Gasteiger partial charge is 0.287 e. The van der Waals surface area contributed by atoms with Gasteiger partial charge in [0.15, 0.2) is 5.76 Å². The number of carbonyl (C=O) groups excluding carboxylic acids is 1. The van der Waals surface area contributed by atoms with Crippen molar-refractivity contribution in [1.29, 1.82) is 0 Å². The molecule has 0 bridgehead atoms. The molecule has 0 unspecified atom stereocenters. The van der Waals surface area contributed by atoms with Gasteiger partial charge in [0, 0.05) is 6.42 Å². The molecule has 24 heavy (non-hydrogen) atoms. The van der Waals surface area contributed by atoms with E-state index in [1.54, 1.807) is 6.07 Å². The van der Waals surface area contributed by atoms with Crippen molar-refractivity contribution in [2.45, 2.75) is 64.7 Å². The number of benzene rings is 1. The van der Waals surface area contributed by atoms with Gasteiger partial charge in [-0.25, -0.2) is 0 Å². The number of halogens is 1. The van der Waals surface area contributed by atoms with E-state index in [0.29, 0.717) is 6.42 Å². The van der Waals surface area contributed by atoms with Crippen LogP contribution in [0.1, 0.15) is 79.1 Å². The van der Waals surface area contributed by atoms with Crippen molar-refractivity contribution in [3.63, 3.8) is 0 Å². The summed E-state index contributed by atoms with van der Waals surface area (Å²) in [6.45, 7) is 11.5. The molecule has 0 aliphatic heterocycles. The molecule has 1 aromatic carbocycles. The molecular formula is C21H25ClO2. The molecule has 1 aliphatic carbocycles. The lowest BCUT2D eigenvalue weighted by Crippen LogP contribution is -2.34. The number of fused-ring (bicyclic) bond motifs is 1. The largest absolute Gasteiger partial charge is 0.456 e. The normalized spacial score (nSPS) is 18.2. The maximum atomic E-state index is 11.2. The summed E-state index contributed by atoms with van der Waals surface area (Å²) < 4.78 is 5.56. The Bertz CT molecular complexity index is 796. The molecule has 2 nitrogen and oxygen atoms in total. The first kappa shape index (κ1) is 17.3. The Hall–Kier alpha value is -1.54. The van der Waals surface area contributed by atoms with E-state index in [9.17, 15) is 4.79 Å². The second-order valence-corrected chi connectivity index (χ2v) is 8.65. The number of furan rings is 1. The highest BCUT2D eigenvalue weighted by atomic mass is 35.5. The van der Waals surface area contributed by atoms with Crippen LogP contribution in [0, 0.1) is 6.92 Å². The molecule has 128 valence electrons. The van der Waals surface area contributed by atoms with Crippen LogP contribution in [-0.4, -0.2) is 5.24 Å². The van der Waals surface area contributed by atoms with E-state index < -0.39 is 5.24 Å². The molecule has 1 aliphatic rings. The summed E-state index contributed by atoms with van der Waals surface area (Å²) in [4.78, 5) is 11.2. The third kappa shape index (κ3) is 3.04. The zero-order valence-corrected chi connectivity index (χ0v) is 15.9. The van der Waals surface area contributed by atoms with Gasteiger partial charge in [-0.2, -0.15) is 0 Å². The average Bonchev–Trinajstić information content (AvgIpc) is 2.94. The Morgan fingerprint density at radius 1 is 1.08 bits per heavy atom. The molecule has 2 aromatic rings. The van der Waals surface area contributed by atoms with Gasteiger partial charge in [0.1, 0.15) is 5.76 Å². The van der Waals surface area contributed by atoms with Gasteiger partial charge in [-0.1, -0.05) is 39.8 Å². The average molecular weight is 345 g/mol. The number of rotatable bonds is 3. The van der Waals surface area contributed by atoms with Crippen LogP contribution < -0.4 is 0 Å². The Balaban J connectivity index is 2.02. The van der Waals surface area contributed by atoms with Gasteiger partial charge in [-0.15, -0.1) is 0 Å². The van der Waals surface area contributed by atoms with Crippen molar-refractivity contribution in [2.24, 2.45) is 0 Å². The second kappa shape index (κ2) is 5.77. The Morgan fingerprint density at radius 2 is 1.67 bits per heavy atom. The molecule has 1 aromatic heterocycles. The molecule has 0 radical (unpaired) electrons. The molecule has 0 N–H and O–H groups in total. The van der Waals surface area contributed by atoms with Gasteiger partial charge in [-0.3, -0.25) is 4.79 Å². The Kier molecular flexibility index (Phi) is 4.16. The fourth-order valence-electron chi connectivity index (χ4n) is 3.72. The maximum absolute atomic E-state index is 11.2. The van der Waals surface area contributed by atoms with E-state index in [1.807, 2.05) is 6.07 Å². The molecule has 3 heteroatoms. The molecular weight excluding hydrogens is 320 g/mol. The lowest BCUT2D eigenvalue weighted by Gasteiger charge is -2.42. The van der Waals surface area contributed by atoms with Gasteiger partial charge >= 0.3 is 0 Å². The zero-order chi connectivity index (χ0) is 17.7. The topological polar surface area (TPSA) is 30.2 Å². The van der Waals surface area contributed by atoms with Crippen LogP contribution in [-0.2, 0) is 17.3 Å². The van der Waals surface area contributed by atoms with Gasteiger partial charge in [0.2, 0.25) is 0 Å². The predicted molar refractivity (Wildman–Crippen MR) is 98.2 cm³/mol. The Morgan fingerprint density at radius 3 is 2.21 bits per heavy atom. The SMILES string of the molecule is Cc1cc2c(cc1Cc1ccc(C(=O)Cl)o1)C(C)(C)CCC2(C)C. The van der Waals surface area contributed by atoms with E-state index in [0.717, 1.165) is 5.76 Å². The Labute approximate surface area is 149 Å². The summed E-state index contributed by atoms with van der Waals surface area (Å²) in [6.07, 6.45) is 3.09. The van der Waals surface area contributed by atoms with Crippen LogP contribution in [0.15, 0.2) is 28.7 Å². The monoisotopic (exact) mass is 344 g/mol. The molecule has 0 atom stereocenters. The maximum Gasteiger partial charge on any atom is 0.287 e. The summed E-state index contributed by atoms with van der Waals surface area (Å²) in [7, 11) is 0. The summed E-state index contributed by atoms with van der Waals surface area (Å²) >= 11 is 5.48. The minimum Gasteiger partial charge on any atom is -0.456 e. The first-order chi connectivity index (χ1) is 11.1. The second-order valence-electron chi connectivity index (χ2n) is 8.31. The minimum atomic E-state index is -0.550. The highest BCUT2D eigenvalue weighted by Gasteiger charge is 2.37. The summed E-state index contributed by atoms with van der Waals surface area (Å²) in [5.41, 5.74) is 5.85. The van der Waals surface area contributed by atoms with Crippen molar-refractivity contribution < 1.29 is 9.21 Å². The van der Waals surface area contributed by atoms with Crippen LogP contribution in [0.3, 0.4) is 0 Å². The van der Waals surface area contributed by atoms with Crippen LogP contribution in [0.25, 0.3) is 0 Å². The van der Waals surface area contributed by atoms with Gasteiger partial charge in [0.25, 0.3) is 5.24 Å². The van der Waals surface area contributed by atoms with E-state index >= 15 is 0 Å². The van der Waals surface area contributed by atoms with Crippen molar-refractivity contribution in [1.82, 2.24) is 0 Å². The van der Waals surface area contributed by atoms with E-state index in [4.69, 9.17) is 16.0 Å². The molecule has 0 spiro atoms. The summed E-state index contributed by atoms with van der Waals surface area (Å²) in [6, 6.07) is 8.17. The predicted octanol–water partition coefficient (Wildman–Crippen LogP) is 5.91. The van der Waals surface area contributed by atoms with Crippen molar-refractivity contribution in [2.75, 3.05) is 0 Å². The highest BCUT2D eigenvalue weighted by molar-refractivity contribution is 6.67. The van der Waals surface area contributed by atoms with Crippen LogP contribution in [0.4, 0.5) is 0 Å². The highest BCUT2D eigenvalue weighted by Crippen LogP contribution is 2.46. The third-order valence-electron chi connectivity index (χ3n) is 5.53. The van der Waals surface area contributed by atoms with Crippen LogP contribution >= 0.6 is 11.6 Å². The molecule has 0 saturated carbocycles. The third-order valence-corrected chi connectivity index (χ3v) is 5.72. The summed E-state index contributed by atoms with van der Waals surface area (Å²) in [5.74, 6) is 0.985. The molecule has 0 amide bonds. The number of carbonyl (C=O) groups is 1. The van der Waals surface area contributed by atoms with Crippen molar-refractivity contribution in [3.05, 3.63) is 58.0 Å². The van der Waals surface area contributed by atoms with E-state index in [1.165, 1.54) is 35.1 Å². The summed E-state index contributed by atoms with van der Waals surface area (Å²) in [5, 5.41) is -0.550. The fraction of sp³-hybridized carbons (Fsp3) is 0.476. The number of aryl methyl sites for hydroxylation is 1. The quantitative estimate of drug-likeness (QED) is 0.648. The van der Waals surface area contributed by atoms with Crippen molar-refractivity contribution >= 4 is 16.8 Å². The van der Waals surface area contributed by atoms with E-state index in [2.05, 4.69) is 46.8 Å². The van der Waals surface area contributed by atoms with Gasteiger partial charge in [0.05, 0.1) is 0 Å². The number of hydrogen-bond donors (Lipinski definition) is 0. The zero-order valence-electron chi connectivity index (χ0n) is 15.1. The van der Waals surface area contributed by atoms with Gasteiger partial charge in [-0.05, 0) is 76.6 Å². The molecule has 0 saturated heterocycles. The fourth-order valence-corrected chi connectivity index (χ4v) is 3.83. The van der Waals surface area contributed by atoms with Gasteiger partial charge < -0.3 is 4.42 Å². The molecule has 0 fully saturated rings. The van der Waals surface area contributed by atoms with Crippen LogP contribution in [0.2, 0.25) is 0 Å². The molecule has 3 rings (SSSR count). The number of hydrogen-bond acceptors (Lipinski definition) is 2. The van der Waals surface area contributed by atoms with Crippen molar-refractivity contribution in [3.8, 4) is 0 Å². The van der Waals surface area contributed by atoms with Crippen LogP contribution in [0.5, 0.6) is 0 Å². The first-order valence-electron chi connectivity index (χ1n) is 8.53. The standard InChI is InChI=1S/C21H25ClO2/c1-13-10-16-17(21(4,5)9-8-20(16,2)3)12-14(13)11-15-6-7-18(24-15)19(22)23/h6-7,10,12H,8-9,11H2,1-5H3. The lowest BCUT2D eigenvalue weighted by atomic mass is 9.62. The van der Waals surface area contributed by atoms with E-state index in [-0.39, 0.29) is 16.6 Å². The minimum absolute atomic E-state index is 0.188. The lowest BCUT2D eigenvalue weighted by molar-refractivity contribution is 0.105. The first-order valence-corrected chi connectivity index (χ1v) is 8.91.